The first kappa shape index (κ1) is 11.1. The molecule has 1 aromatic heterocycles. The van der Waals surface area contributed by atoms with Crippen LogP contribution in [0.15, 0.2) is 10.6 Å². The molecule has 0 bridgehead atoms. The predicted octanol–water partition coefficient (Wildman–Crippen LogP) is 1.31. The van der Waals surface area contributed by atoms with Gasteiger partial charge < -0.3 is 9.84 Å². The van der Waals surface area contributed by atoms with Gasteiger partial charge in [-0.05, 0) is 38.8 Å². The maximum Gasteiger partial charge on any atom is 0.231 e. The van der Waals surface area contributed by atoms with E-state index >= 15 is 0 Å². The molecule has 2 N–H and O–H groups in total. The van der Waals surface area contributed by atoms with E-state index in [1.54, 1.807) is 6.07 Å². The van der Waals surface area contributed by atoms with Gasteiger partial charge in [-0.15, -0.1) is 0 Å². The van der Waals surface area contributed by atoms with Crippen LogP contribution in [0.2, 0.25) is 0 Å². The van der Waals surface area contributed by atoms with Crippen LogP contribution in [0.4, 0.5) is 5.88 Å². The third-order valence-corrected chi connectivity index (χ3v) is 2.76. The van der Waals surface area contributed by atoms with E-state index in [1.165, 1.54) is 0 Å². The van der Waals surface area contributed by atoms with Crippen LogP contribution in [0.5, 0.6) is 0 Å². The Morgan fingerprint density at radius 1 is 1.75 bits per heavy atom. The first-order valence-corrected chi connectivity index (χ1v) is 5.68. The minimum Gasteiger partial charge on any atom is -0.338 e. The molecule has 0 spiro atoms. The predicted molar refractivity (Wildman–Crippen MR) is 60.1 cm³/mol. The fourth-order valence-corrected chi connectivity index (χ4v) is 1.97. The summed E-state index contributed by atoms with van der Waals surface area (Å²) in [7, 11) is 0. The molecule has 1 fully saturated rings. The van der Waals surface area contributed by atoms with Crippen molar-refractivity contribution in [3.05, 3.63) is 11.8 Å². The molecule has 1 aliphatic heterocycles. The van der Waals surface area contributed by atoms with Gasteiger partial charge in [0.05, 0.1) is 5.69 Å². The highest BCUT2D eigenvalue weighted by Gasteiger charge is 2.17. The maximum absolute atomic E-state index is 11.7. The molecule has 0 saturated carbocycles. The Bertz CT molecular complexity index is 356. The van der Waals surface area contributed by atoms with E-state index in [0.29, 0.717) is 18.2 Å². The summed E-state index contributed by atoms with van der Waals surface area (Å²) in [5, 5.41) is 9.72. The Hall–Kier alpha value is -1.36. The van der Waals surface area contributed by atoms with Gasteiger partial charge >= 0.3 is 0 Å². The Kier molecular flexibility index (Phi) is 3.56. The maximum atomic E-state index is 11.7. The van der Waals surface area contributed by atoms with Gasteiger partial charge in [0.1, 0.15) is 0 Å². The largest absolute Gasteiger partial charge is 0.338 e. The van der Waals surface area contributed by atoms with Gasteiger partial charge in [-0.1, -0.05) is 5.16 Å². The number of nitrogens with zero attached hydrogens (tertiary/aromatic N) is 1. The molecular formula is C11H17N3O2. The summed E-state index contributed by atoms with van der Waals surface area (Å²) in [6.07, 6.45) is 2.82. The van der Waals surface area contributed by atoms with Crippen LogP contribution in [-0.2, 0) is 4.79 Å². The number of hydrogen-bond acceptors (Lipinski definition) is 4. The van der Waals surface area contributed by atoms with Crippen LogP contribution in [0.3, 0.4) is 0 Å². The first-order valence-electron chi connectivity index (χ1n) is 5.68. The summed E-state index contributed by atoms with van der Waals surface area (Å²) in [5.74, 6) is 0.883. The average molecular weight is 223 g/mol. The molecule has 0 aromatic carbocycles. The second-order valence-corrected chi connectivity index (χ2v) is 4.30. The van der Waals surface area contributed by atoms with Crippen LogP contribution in [-0.4, -0.2) is 24.2 Å². The van der Waals surface area contributed by atoms with Gasteiger partial charge in [0, 0.05) is 12.5 Å². The molecule has 16 heavy (non-hydrogen) atoms. The van der Waals surface area contributed by atoms with E-state index in [0.717, 1.165) is 31.6 Å². The molecular weight excluding hydrogens is 206 g/mol. The summed E-state index contributed by atoms with van der Waals surface area (Å²) < 4.78 is 4.93. The fraction of sp³-hybridized carbons (Fsp3) is 0.636. The van der Waals surface area contributed by atoms with Crippen molar-refractivity contribution < 1.29 is 9.32 Å². The quantitative estimate of drug-likeness (QED) is 0.810. The van der Waals surface area contributed by atoms with Crippen LogP contribution in [0, 0.1) is 12.8 Å². The Balaban J connectivity index is 1.79. The Morgan fingerprint density at radius 3 is 3.25 bits per heavy atom. The van der Waals surface area contributed by atoms with E-state index in [4.69, 9.17) is 4.52 Å². The second-order valence-electron chi connectivity index (χ2n) is 4.30. The lowest BCUT2D eigenvalue weighted by Gasteiger charge is -2.21. The number of carbonyl (C=O) groups is 1. The second kappa shape index (κ2) is 5.12. The lowest BCUT2D eigenvalue weighted by atomic mass is 9.96. The van der Waals surface area contributed by atoms with Crippen molar-refractivity contribution in [2.24, 2.45) is 5.92 Å². The van der Waals surface area contributed by atoms with Gasteiger partial charge in [0.25, 0.3) is 0 Å². The number of hydrogen-bond donors (Lipinski definition) is 2. The molecule has 1 saturated heterocycles. The molecule has 0 radical (unpaired) electrons. The van der Waals surface area contributed by atoms with E-state index in [1.807, 2.05) is 6.92 Å². The lowest BCUT2D eigenvalue weighted by Crippen LogP contribution is -2.32. The third kappa shape index (κ3) is 3.06. The molecule has 2 rings (SSSR count). The lowest BCUT2D eigenvalue weighted by molar-refractivity contribution is -0.117. The summed E-state index contributed by atoms with van der Waals surface area (Å²) in [6, 6.07) is 1.72. The van der Waals surface area contributed by atoms with Gasteiger partial charge in [-0.2, -0.15) is 0 Å². The molecule has 1 unspecified atom stereocenters. The molecule has 88 valence electrons. The monoisotopic (exact) mass is 223 g/mol. The molecule has 1 atom stereocenters. The van der Waals surface area contributed by atoms with Crippen molar-refractivity contribution in [3.8, 4) is 0 Å². The zero-order chi connectivity index (χ0) is 11.4. The Labute approximate surface area is 94.6 Å². The van der Waals surface area contributed by atoms with Gasteiger partial charge in [-0.25, -0.2) is 0 Å². The SMILES string of the molecule is Cc1cc(NC(=O)CC2CCCNC2)on1. The van der Waals surface area contributed by atoms with E-state index in [2.05, 4.69) is 15.8 Å². The van der Waals surface area contributed by atoms with E-state index < -0.39 is 0 Å². The van der Waals surface area contributed by atoms with Gasteiger partial charge in [0.2, 0.25) is 11.8 Å². The van der Waals surface area contributed by atoms with Gasteiger partial charge in [0.15, 0.2) is 0 Å². The zero-order valence-electron chi connectivity index (χ0n) is 9.45. The van der Waals surface area contributed by atoms with Crippen LogP contribution < -0.4 is 10.6 Å². The highest BCUT2D eigenvalue weighted by molar-refractivity contribution is 5.89. The van der Waals surface area contributed by atoms with Gasteiger partial charge in [-0.3, -0.25) is 10.1 Å². The van der Waals surface area contributed by atoms with Crippen molar-refractivity contribution in [2.75, 3.05) is 18.4 Å². The van der Waals surface area contributed by atoms with E-state index in [-0.39, 0.29) is 5.91 Å². The molecule has 1 aromatic rings. The van der Waals surface area contributed by atoms with Crippen LogP contribution in [0.25, 0.3) is 0 Å². The molecule has 1 amide bonds. The van der Waals surface area contributed by atoms with Crippen molar-refractivity contribution in [3.63, 3.8) is 0 Å². The number of nitrogens with one attached hydrogen (secondary N) is 2. The zero-order valence-corrected chi connectivity index (χ0v) is 9.45. The number of carbonyl (C=O) groups excluding carboxylic acids is 1. The summed E-state index contributed by atoms with van der Waals surface area (Å²) >= 11 is 0. The Morgan fingerprint density at radius 2 is 2.62 bits per heavy atom. The number of anilines is 1. The number of aromatic nitrogens is 1. The standard InChI is InChI=1S/C11H17N3O2/c1-8-5-11(16-14-8)13-10(15)6-9-3-2-4-12-7-9/h5,9,12H,2-4,6-7H2,1H3,(H,13,15). The molecule has 5 nitrogen and oxygen atoms in total. The first-order chi connectivity index (χ1) is 7.74. The number of piperidine rings is 1. The normalized spacial score (nSPS) is 20.7. The third-order valence-electron chi connectivity index (χ3n) is 2.76. The summed E-state index contributed by atoms with van der Waals surface area (Å²) in [4.78, 5) is 11.7. The molecule has 0 aliphatic carbocycles. The number of rotatable bonds is 3. The molecule has 2 heterocycles. The van der Waals surface area contributed by atoms with Crippen molar-refractivity contribution in [1.82, 2.24) is 10.5 Å². The summed E-state index contributed by atoms with van der Waals surface area (Å²) in [6.45, 7) is 3.83. The van der Waals surface area contributed by atoms with E-state index in [9.17, 15) is 4.79 Å². The average Bonchev–Trinajstić information content (AvgIpc) is 2.65. The molecule has 5 heteroatoms. The van der Waals surface area contributed by atoms with Crippen LogP contribution in [0.1, 0.15) is 25.0 Å². The van der Waals surface area contributed by atoms with Crippen molar-refractivity contribution in [1.29, 1.82) is 0 Å². The minimum atomic E-state index is 0.00449. The fourth-order valence-electron chi connectivity index (χ4n) is 1.97. The highest BCUT2D eigenvalue weighted by atomic mass is 16.5. The topological polar surface area (TPSA) is 67.2 Å². The number of aryl methyl sites for hydroxylation is 1. The van der Waals surface area contributed by atoms with Crippen LogP contribution >= 0.6 is 0 Å². The van der Waals surface area contributed by atoms with Crippen molar-refractivity contribution in [2.45, 2.75) is 26.2 Å². The smallest absolute Gasteiger partial charge is 0.231 e. The summed E-state index contributed by atoms with van der Waals surface area (Å²) in [5.41, 5.74) is 0.773. The highest BCUT2D eigenvalue weighted by Crippen LogP contribution is 2.15. The van der Waals surface area contributed by atoms with Crippen molar-refractivity contribution >= 4 is 11.8 Å². The molecule has 1 aliphatic rings. The number of amides is 1. The minimum absolute atomic E-state index is 0.00449.